The summed E-state index contributed by atoms with van der Waals surface area (Å²) >= 11 is 0. The molecule has 0 aliphatic heterocycles. The SMILES string of the molecule is COC(=O)c1ccc(NC(=O)COC(=O)CCS(=O)(=O)c2ccc(NC(C)=O)cc2)cc1. The largest absolute Gasteiger partial charge is 0.465 e. The van der Waals surface area contributed by atoms with Crippen molar-refractivity contribution in [1.29, 1.82) is 0 Å². The maximum absolute atomic E-state index is 12.3. The zero-order chi connectivity index (χ0) is 23.7. The molecule has 0 unspecified atom stereocenters. The third kappa shape index (κ3) is 7.51. The number of anilines is 2. The number of hydrogen-bond acceptors (Lipinski definition) is 8. The lowest BCUT2D eigenvalue weighted by atomic mass is 10.2. The van der Waals surface area contributed by atoms with Crippen LogP contribution in [0.25, 0.3) is 0 Å². The number of hydrogen-bond donors (Lipinski definition) is 2. The van der Waals surface area contributed by atoms with Crippen molar-refractivity contribution < 1.29 is 37.1 Å². The van der Waals surface area contributed by atoms with Gasteiger partial charge in [0.15, 0.2) is 16.4 Å². The highest BCUT2D eigenvalue weighted by molar-refractivity contribution is 7.91. The predicted octanol–water partition coefficient (Wildman–Crippen LogP) is 1.78. The topological polar surface area (TPSA) is 145 Å². The number of ether oxygens (including phenoxy) is 2. The molecule has 0 saturated carbocycles. The van der Waals surface area contributed by atoms with E-state index in [2.05, 4.69) is 15.4 Å². The molecule has 0 heterocycles. The number of rotatable bonds is 9. The highest BCUT2D eigenvalue weighted by Crippen LogP contribution is 2.16. The molecule has 0 spiro atoms. The van der Waals surface area contributed by atoms with Gasteiger partial charge in [-0.25, -0.2) is 13.2 Å². The summed E-state index contributed by atoms with van der Waals surface area (Å²) in [6.45, 7) is 0.736. The number of methoxy groups -OCH3 is 1. The maximum Gasteiger partial charge on any atom is 0.337 e. The molecule has 32 heavy (non-hydrogen) atoms. The standard InChI is InChI=1S/C21H22N2O8S/c1-14(24)22-16-7-9-18(10-8-16)32(28,29)12-11-20(26)31-13-19(25)23-17-5-3-15(4-6-17)21(27)30-2/h3-10H,11-13H2,1-2H3,(H,22,24)(H,23,25). The molecule has 0 fully saturated rings. The van der Waals surface area contributed by atoms with E-state index in [0.29, 0.717) is 16.9 Å². The molecule has 0 saturated heterocycles. The molecule has 10 nitrogen and oxygen atoms in total. The monoisotopic (exact) mass is 462 g/mol. The Morgan fingerprint density at radius 1 is 0.875 bits per heavy atom. The quantitative estimate of drug-likeness (QED) is 0.537. The lowest BCUT2D eigenvalue weighted by Crippen LogP contribution is -2.22. The van der Waals surface area contributed by atoms with Crippen molar-refractivity contribution in [2.75, 3.05) is 30.1 Å². The zero-order valence-corrected chi connectivity index (χ0v) is 18.2. The van der Waals surface area contributed by atoms with Crippen molar-refractivity contribution in [3.63, 3.8) is 0 Å². The third-order valence-corrected chi connectivity index (χ3v) is 5.79. The Bertz CT molecular complexity index is 1090. The minimum absolute atomic E-state index is 0.00690. The van der Waals surface area contributed by atoms with Gasteiger partial charge in [0.2, 0.25) is 5.91 Å². The van der Waals surface area contributed by atoms with Crippen molar-refractivity contribution in [3.8, 4) is 0 Å². The van der Waals surface area contributed by atoms with E-state index < -0.39 is 46.5 Å². The Morgan fingerprint density at radius 3 is 2.00 bits per heavy atom. The minimum atomic E-state index is -3.75. The number of esters is 2. The Balaban J connectivity index is 1.80. The highest BCUT2D eigenvalue weighted by atomic mass is 32.2. The van der Waals surface area contributed by atoms with Crippen LogP contribution in [-0.4, -0.2) is 51.6 Å². The van der Waals surface area contributed by atoms with Crippen LogP contribution in [0.5, 0.6) is 0 Å². The molecule has 0 bridgehead atoms. The van der Waals surface area contributed by atoms with Crippen LogP contribution >= 0.6 is 0 Å². The second-order valence-corrected chi connectivity index (χ2v) is 8.66. The van der Waals surface area contributed by atoms with Crippen molar-refractivity contribution >= 4 is 45.0 Å². The second kappa shape index (κ2) is 11.0. The van der Waals surface area contributed by atoms with Gasteiger partial charge in [-0.05, 0) is 48.5 Å². The number of amides is 2. The van der Waals surface area contributed by atoms with Crippen LogP contribution in [-0.2, 0) is 33.7 Å². The van der Waals surface area contributed by atoms with E-state index in [-0.39, 0.29) is 10.8 Å². The predicted molar refractivity (Wildman–Crippen MR) is 115 cm³/mol. The van der Waals surface area contributed by atoms with Crippen LogP contribution in [0.4, 0.5) is 11.4 Å². The number of carbonyl (C=O) groups is 4. The number of carbonyl (C=O) groups excluding carboxylic acids is 4. The van der Waals surface area contributed by atoms with E-state index >= 15 is 0 Å². The van der Waals surface area contributed by atoms with Crippen LogP contribution in [0.3, 0.4) is 0 Å². The maximum atomic E-state index is 12.3. The summed E-state index contributed by atoms with van der Waals surface area (Å²) in [6, 6.07) is 11.4. The molecule has 0 radical (unpaired) electrons. The first-order chi connectivity index (χ1) is 15.1. The lowest BCUT2D eigenvalue weighted by molar-refractivity contribution is -0.146. The highest BCUT2D eigenvalue weighted by Gasteiger charge is 2.18. The zero-order valence-electron chi connectivity index (χ0n) is 17.4. The molecule has 0 aliphatic carbocycles. The molecule has 0 aliphatic rings. The van der Waals surface area contributed by atoms with Crippen LogP contribution in [0, 0.1) is 0 Å². The molecule has 2 amide bonds. The van der Waals surface area contributed by atoms with E-state index in [9.17, 15) is 27.6 Å². The van der Waals surface area contributed by atoms with Crippen molar-refractivity contribution in [2.24, 2.45) is 0 Å². The molecule has 2 aromatic carbocycles. The molecule has 170 valence electrons. The fourth-order valence-electron chi connectivity index (χ4n) is 2.51. The van der Waals surface area contributed by atoms with Gasteiger partial charge in [-0.1, -0.05) is 0 Å². The van der Waals surface area contributed by atoms with Gasteiger partial charge >= 0.3 is 11.9 Å². The average molecular weight is 462 g/mol. The molecule has 0 atom stereocenters. The van der Waals surface area contributed by atoms with Gasteiger partial charge in [-0.2, -0.15) is 0 Å². The van der Waals surface area contributed by atoms with Crippen molar-refractivity contribution in [3.05, 3.63) is 54.1 Å². The first-order valence-corrected chi connectivity index (χ1v) is 11.0. The van der Waals surface area contributed by atoms with Crippen molar-refractivity contribution in [1.82, 2.24) is 0 Å². The first kappa shape index (κ1) is 24.5. The number of nitrogens with one attached hydrogen (secondary N) is 2. The van der Waals surface area contributed by atoms with E-state index in [1.54, 1.807) is 0 Å². The van der Waals surface area contributed by atoms with Gasteiger partial charge < -0.3 is 20.1 Å². The average Bonchev–Trinajstić information content (AvgIpc) is 2.76. The van der Waals surface area contributed by atoms with Gasteiger partial charge in [-0.3, -0.25) is 14.4 Å². The van der Waals surface area contributed by atoms with Gasteiger partial charge in [0.05, 0.1) is 29.7 Å². The van der Waals surface area contributed by atoms with Gasteiger partial charge in [-0.15, -0.1) is 0 Å². The van der Waals surface area contributed by atoms with Crippen molar-refractivity contribution in [2.45, 2.75) is 18.2 Å². The second-order valence-electron chi connectivity index (χ2n) is 6.55. The van der Waals surface area contributed by atoms with E-state index in [4.69, 9.17) is 4.74 Å². The summed E-state index contributed by atoms with van der Waals surface area (Å²) in [6.07, 6.45) is -0.434. The van der Waals surface area contributed by atoms with E-state index in [1.165, 1.54) is 62.6 Å². The summed E-state index contributed by atoms with van der Waals surface area (Å²) in [5, 5.41) is 5.00. The van der Waals surface area contributed by atoms with E-state index in [0.717, 1.165) is 0 Å². The molecule has 2 N–H and O–H groups in total. The molecule has 2 aromatic rings. The smallest absolute Gasteiger partial charge is 0.337 e. The number of sulfone groups is 1. The summed E-state index contributed by atoms with van der Waals surface area (Å²) in [4.78, 5) is 46.1. The summed E-state index contributed by atoms with van der Waals surface area (Å²) in [5.41, 5.74) is 1.13. The first-order valence-electron chi connectivity index (χ1n) is 9.35. The molecule has 11 heteroatoms. The Morgan fingerprint density at radius 2 is 1.44 bits per heavy atom. The van der Waals surface area contributed by atoms with Crippen LogP contribution in [0.15, 0.2) is 53.4 Å². The van der Waals surface area contributed by atoms with Gasteiger partial charge in [0.25, 0.3) is 5.91 Å². The summed E-state index contributed by atoms with van der Waals surface area (Å²) in [7, 11) is -2.50. The fraction of sp³-hybridized carbons (Fsp3) is 0.238. The summed E-state index contributed by atoms with van der Waals surface area (Å²) in [5.74, 6) is -2.77. The number of benzene rings is 2. The Labute approximate surface area is 184 Å². The molecule has 0 aromatic heterocycles. The lowest BCUT2D eigenvalue weighted by Gasteiger charge is -2.08. The normalized spacial score (nSPS) is 10.7. The van der Waals surface area contributed by atoms with Crippen LogP contribution in [0.2, 0.25) is 0 Å². The molecular weight excluding hydrogens is 440 g/mol. The fourth-order valence-corrected chi connectivity index (χ4v) is 3.73. The Hall–Kier alpha value is -3.73. The van der Waals surface area contributed by atoms with Crippen LogP contribution < -0.4 is 10.6 Å². The van der Waals surface area contributed by atoms with E-state index in [1.807, 2.05) is 0 Å². The molecule has 2 rings (SSSR count). The summed E-state index contributed by atoms with van der Waals surface area (Å²) < 4.78 is 34.1. The van der Waals surface area contributed by atoms with Gasteiger partial charge in [0, 0.05) is 18.3 Å². The minimum Gasteiger partial charge on any atom is -0.465 e. The van der Waals surface area contributed by atoms with Gasteiger partial charge in [0.1, 0.15) is 0 Å². The Kier molecular flexibility index (Phi) is 8.47. The third-order valence-electron chi connectivity index (χ3n) is 4.06. The molecular formula is C21H22N2O8S. The van der Waals surface area contributed by atoms with Crippen LogP contribution in [0.1, 0.15) is 23.7 Å².